The largest absolute Gasteiger partial charge is 0.483 e. The predicted octanol–water partition coefficient (Wildman–Crippen LogP) is 3.29. The molecular weight excluding hydrogens is 404 g/mol. The number of nitrogens with one attached hydrogen (secondary N) is 2. The first kappa shape index (κ1) is 21.1. The number of halogens is 1. The Morgan fingerprint density at radius 2 is 1.80 bits per heavy atom. The minimum Gasteiger partial charge on any atom is -0.483 e. The molecule has 154 valence electrons. The molecule has 2 N–H and O–H groups in total. The zero-order valence-corrected chi connectivity index (χ0v) is 17.3. The quantitative estimate of drug-likeness (QED) is 0.469. The van der Waals surface area contributed by atoms with Gasteiger partial charge in [0.2, 0.25) is 0 Å². The second-order valence-corrected chi connectivity index (χ2v) is 6.79. The third kappa shape index (κ3) is 5.27. The number of amides is 2. The molecule has 0 saturated carbocycles. The molecule has 1 aromatic heterocycles. The van der Waals surface area contributed by atoms with Crippen molar-refractivity contribution in [3.8, 4) is 16.9 Å². The number of aryl methyl sites for hydroxylation is 2. The van der Waals surface area contributed by atoms with Gasteiger partial charge >= 0.3 is 0 Å². The lowest BCUT2D eigenvalue weighted by Gasteiger charge is -2.12. The lowest BCUT2D eigenvalue weighted by molar-refractivity contribution is -0.128. The number of carbonyl (C=O) groups is 2. The molecule has 3 rings (SSSR count). The highest BCUT2D eigenvalue weighted by molar-refractivity contribution is 6.31. The van der Waals surface area contributed by atoms with Gasteiger partial charge in [-0.25, -0.2) is 0 Å². The van der Waals surface area contributed by atoms with Crippen molar-refractivity contribution in [3.63, 3.8) is 0 Å². The minimum absolute atomic E-state index is 0.249. The van der Waals surface area contributed by atoms with E-state index in [2.05, 4.69) is 16.0 Å². The number of hydrogen-bond donors (Lipinski definition) is 2. The number of hydrazine groups is 1. The van der Waals surface area contributed by atoms with E-state index in [-0.39, 0.29) is 6.61 Å². The fraction of sp³-hybridized carbons (Fsp3) is 0.136. The Kier molecular flexibility index (Phi) is 6.87. The highest BCUT2D eigenvalue weighted by Crippen LogP contribution is 2.29. The van der Waals surface area contributed by atoms with Crippen molar-refractivity contribution in [1.29, 1.82) is 0 Å². The first-order chi connectivity index (χ1) is 14.5. The monoisotopic (exact) mass is 424 g/mol. The van der Waals surface area contributed by atoms with Crippen LogP contribution in [0.15, 0.2) is 60.7 Å². The smallest absolute Gasteiger partial charge is 0.276 e. The Balaban J connectivity index is 1.52. The summed E-state index contributed by atoms with van der Waals surface area (Å²) in [6.45, 7) is 1.54. The van der Waals surface area contributed by atoms with E-state index in [1.807, 2.05) is 48.5 Å². The van der Waals surface area contributed by atoms with E-state index >= 15 is 0 Å². The molecular formula is C22H21ClN4O3. The SMILES string of the molecule is Cc1nn(C)c(Cl)c1/C=C/C(=O)NNC(=O)COc1ccccc1-c1ccccc1. The van der Waals surface area contributed by atoms with E-state index in [9.17, 15) is 9.59 Å². The summed E-state index contributed by atoms with van der Waals surface area (Å²) in [7, 11) is 1.71. The molecule has 0 aliphatic heterocycles. The molecule has 0 aliphatic rings. The van der Waals surface area contributed by atoms with Gasteiger partial charge in [0, 0.05) is 24.3 Å². The lowest BCUT2D eigenvalue weighted by Crippen LogP contribution is -2.43. The zero-order valence-electron chi connectivity index (χ0n) is 16.6. The van der Waals surface area contributed by atoms with Crippen LogP contribution in [-0.2, 0) is 16.6 Å². The predicted molar refractivity (Wildman–Crippen MR) is 116 cm³/mol. The molecule has 2 amide bonds. The highest BCUT2D eigenvalue weighted by Gasteiger charge is 2.10. The maximum atomic E-state index is 12.0. The van der Waals surface area contributed by atoms with Crippen LogP contribution in [0.4, 0.5) is 0 Å². The Hall–Kier alpha value is -3.58. The number of para-hydroxylation sites is 1. The van der Waals surface area contributed by atoms with Crippen molar-refractivity contribution in [2.24, 2.45) is 7.05 Å². The molecule has 1 heterocycles. The van der Waals surface area contributed by atoms with Gasteiger partial charge in [-0.05, 0) is 24.6 Å². The van der Waals surface area contributed by atoms with Crippen LogP contribution in [0, 0.1) is 6.92 Å². The van der Waals surface area contributed by atoms with E-state index in [1.165, 1.54) is 10.8 Å². The summed E-state index contributed by atoms with van der Waals surface area (Å²) < 4.78 is 7.15. The first-order valence-corrected chi connectivity index (χ1v) is 9.56. The highest BCUT2D eigenvalue weighted by atomic mass is 35.5. The van der Waals surface area contributed by atoms with Gasteiger partial charge in [0.15, 0.2) is 6.61 Å². The second kappa shape index (κ2) is 9.76. The topological polar surface area (TPSA) is 85.3 Å². The number of rotatable bonds is 6. The third-order valence-corrected chi connectivity index (χ3v) is 4.70. The summed E-state index contributed by atoms with van der Waals surface area (Å²) in [5.74, 6) is -0.422. The maximum Gasteiger partial charge on any atom is 0.276 e. The van der Waals surface area contributed by atoms with Gasteiger partial charge in [-0.15, -0.1) is 0 Å². The molecule has 8 heteroatoms. The van der Waals surface area contributed by atoms with E-state index in [4.69, 9.17) is 16.3 Å². The van der Waals surface area contributed by atoms with Crippen LogP contribution in [0.5, 0.6) is 5.75 Å². The van der Waals surface area contributed by atoms with Crippen molar-refractivity contribution in [1.82, 2.24) is 20.6 Å². The summed E-state index contributed by atoms with van der Waals surface area (Å²) in [6, 6.07) is 17.2. The van der Waals surface area contributed by atoms with Crippen LogP contribution in [0.3, 0.4) is 0 Å². The average molecular weight is 425 g/mol. The normalized spacial score (nSPS) is 10.8. The molecule has 0 aliphatic carbocycles. The molecule has 2 aromatic carbocycles. The summed E-state index contributed by atoms with van der Waals surface area (Å²) in [6.07, 6.45) is 2.81. The van der Waals surface area contributed by atoms with Crippen molar-refractivity contribution in [3.05, 3.63) is 77.1 Å². The van der Waals surface area contributed by atoms with E-state index < -0.39 is 11.8 Å². The summed E-state index contributed by atoms with van der Waals surface area (Å²) in [5, 5.41) is 4.58. The second-order valence-electron chi connectivity index (χ2n) is 6.44. The molecule has 30 heavy (non-hydrogen) atoms. The van der Waals surface area contributed by atoms with Gasteiger partial charge in [-0.3, -0.25) is 25.1 Å². The van der Waals surface area contributed by atoms with Gasteiger partial charge in [0.25, 0.3) is 11.8 Å². The van der Waals surface area contributed by atoms with Gasteiger partial charge < -0.3 is 4.74 Å². The summed E-state index contributed by atoms with van der Waals surface area (Å²) in [5.41, 5.74) is 7.81. The summed E-state index contributed by atoms with van der Waals surface area (Å²) >= 11 is 6.11. The van der Waals surface area contributed by atoms with E-state index in [1.54, 1.807) is 26.1 Å². The van der Waals surface area contributed by atoms with Crippen molar-refractivity contribution in [2.75, 3.05) is 6.61 Å². The molecule has 0 radical (unpaired) electrons. The van der Waals surface area contributed by atoms with Crippen molar-refractivity contribution in [2.45, 2.75) is 6.92 Å². The summed E-state index contributed by atoms with van der Waals surface area (Å²) in [4.78, 5) is 24.0. The standard InChI is InChI=1S/C22H21ClN4O3/c1-15-17(22(23)27(2)26-15)12-13-20(28)24-25-21(29)14-30-19-11-7-6-10-18(19)16-8-4-3-5-9-16/h3-13H,14H2,1-2H3,(H,24,28)(H,25,29)/b13-12+. The van der Waals surface area contributed by atoms with Crippen LogP contribution in [-0.4, -0.2) is 28.2 Å². The number of hydrogen-bond acceptors (Lipinski definition) is 4. The molecule has 0 bridgehead atoms. The maximum absolute atomic E-state index is 12.0. The molecule has 7 nitrogen and oxygen atoms in total. The zero-order chi connectivity index (χ0) is 21.5. The van der Waals surface area contributed by atoms with Crippen molar-refractivity contribution >= 4 is 29.5 Å². The van der Waals surface area contributed by atoms with Gasteiger partial charge in [0.05, 0.1) is 5.69 Å². The van der Waals surface area contributed by atoms with Gasteiger partial charge in [-0.2, -0.15) is 5.10 Å². The first-order valence-electron chi connectivity index (χ1n) is 9.19. The number of carbonyl (C=O) groups excluding carboxylic acids is 2. The van der Waals surface area contributed by atoms with Crippen LogP contribution in [0.1, 0.15) is 11.3 Å². The Morgan fingerprint density at radius 1 is 1.10 bits per heavy atom. The molecule has 0 unspecified atom stereocenters. The van der Waals surface area contributed by atoms with Gasteiger partial charge in [0.1, 0.15) is 10.9 Å². The lowest BCUT2D eigenvalue weighted by atomic mass is 10.1. The number of aromatic nitrogens is 2. The Bertz CT molecular complexity index is 1080. The number of benzene rings is 2. The van der Waals surface area contributed by atoms with Crippen LogP contribution >= 0.6 is 11.6 Å². The van der Waals surface area contributed by atoms with Crippen LogP contribution < -0.4 is 15.6 Å². The molecule has 0 fully saturated rings. The van der Waals surface area contributed by atoms with Crippen LogP contribution in [0.25, 0.3) is 17.2 Å². The van der Waals surface area contributed by atoms with Gasteiger partial charge in [-0.1, -0.05) is 60.1 Å². The molecule has 3 aromatic rings. The number of nitrogens with zero attached hydrogens (tertiary/aromatic N) is 2. The molecule has 0 spiro atoms. The van der Waals surface area contributed by atoms with E-state index in [0.717, 1.165) is 11.1 Å². The Morgan fingerprint density at radius 3 is 2.50 bits per heavy atom. The van der Waals surface area contributed by atoms with Crippen molar-refractivity contribution < 1.29 is 14.3 Å². The van der Waals surface area contributed by atoms with E-state index in [0.29, 0.717) is 22.2 Å². The number of ether oxygens (including phenoxy) is 1. The fourth-order valence-electron chi connectivity index (χ4n) is 2.80. The molecule has 0 saturated heterocycles. The minimum atomic E-state index is -0.507. The molecule has 0 atom stereocenters. The average Bonchev–Trinajstić information content (AvgIpc) is 3.01. The Labute approximate surface area is 179 Å². The third-order valence-electron chi connectivity index (χ3n) is 4.25. The van der Waals surface area contributed by atoms with Crippen LogP contribution in [0.2, 0.25) is 5.15 Å². The fourth-order valence-corrected chi connectivity index (χ4v) is 3.03.